The number of carbonyl (C=O) groups excluding carboxylic acids is 1. The van der Waals surface area contributed by atoms with Gasteiger partial charge in [0.2, 0.25) is 5.91 Å². The number of nitrogens with one attached hydrogen (secondary N) is 1. The van der Waals surface area contributed by atoms with Gasteiger partial charge in [0.05, 0.1) is 6.67 Å². The van der Waals surface area contributed by atoms with Gasteiger partial charge in [0.1, 0.15) is 11.4 Å². The van der Waals surface area contributed by atoms with Gasteiger partial charge in [0.15, 0.2) is 0 Å². The van der Waals surface area contributed by atoms with Gasteiger partial charge >= 0.3 is 0 Å². The van der Waals surface area contributed by atoms with E-state index in [-0.39, 0.29) is 11.7 Å². The highest BCUT2D eigenvalue weighted by Gasteiger charge is 2.50. The number of nitrogens with zero attached hydrogens (tertiary/aromatic N) is 2. The van der Waals surface area contributed by atoms with Crippen molar-refractivity contribution in [1.29, 1.82) is 0 Å². The second-order valence-electron chi connectivity index (χ2n) is 8.60. The Kier molecular flexibility index (Phi) is 5.40. The first-order chi connectivity index (χ1) is 13.1. The van der Waals surface area contributed by atoms with Crippen molar-refractivity contribution in [3.63, 3.8) is 0 Å². The molecule has 2 heterocycles. The average molecular weight is 374 g/mol. The van der Waals surface area contributed by atoms with Crippen LogP contribution in [0.15, 0.2) is 24.3 Å². The van der Waals surface area contributed by atoms with Crippen LogP contribution < -0.4 is 10.2 Å². The molecule has 2 aliphatic heterocycles. The van der Waals surface area contributed by atoms with Gasteiger partial charge in [0, 0.05) is 24.8 Å². The lowest BCUT2D eigenvalue weighted by molar-refractivity contribution is -0.125. The van der Waals surface area contributed by atoms with Crippen molar-refractivity contribution in [2.75, 3.05) is 24.7 Å². The van der Waals surface area contributed by atoms with Crippen LogP contribution in [0.2, 0.25) is 0 Å². The van der Waals surface area contributed by atoms with E-state index in [0.29, 0.717) is 12.7 Å². The third kappa shape index (κ3) is 3.58. The van der Waals surface area contributed by atoms with Crippen molar-refractivity contribution in [1.82, 2.24) is 10.2 Å². The van der Waals surface area contributed by atoms with Crippen molar-refractivity contribution in [3.8, 4) is 0 Å². The summed E-state index contributed by atoms with van der Waals surface area (Å²) in [6.07, 6.45) is 9.73. The summed E-state index contributed by atoms with van der Waals surface area (Å²) in [5.74, 6) is 0.829. The predicted octanol–water partition coefficient (Wildman–Crippen LogP) is 3.91. The fourth-order valence-corrected chi connectivity index (χ4v) is 5.51. The average Bonchev–Trinajstić information content (AvgIpc) is 3.00. The Morgan fingerprint density at radius 3 is 2.41 bits per heavy atom. The maximum Gasteiger partial charge on any atom is 0.247 e. The largest absolute Gasteiger partial charge is 0.339 e. The first kappa shape index (κ1) is 18.7. The second kappa shape index (κ2) is 7.78. The van der Waals surface area contributed by atoms with E-state index in [0.717, 1.165) is 37.5 Å². The quantitative estimate of drug-likeness (QED) is 0.869. The molecule has 3 fully saturated rings. The number of hydrogen-bond acceptors (Lipinski definition) is 3. The molecule has 1 saturated carbocycles. The first-order valence-electron chi connectivity index (χ1n) is 10.7. The third-order valence-electron chi connectivity index (χ3n) is 7.13. The van der Waals surface area contributed by atoms with E-state index < -0.39 is 5.54 Å². The summed E-state index contributed by atoms with van der Waals surface area (Å²) in [5, 5.41) is 3.03. The Labute approximate surface area is 162 Å². The number of benzene rings is 1. The van der Waals surface area contributed by atoms with Crippen molar-refractivity contribution in [3.05, 3.63) is 30.1 Å². The Morgan fingerprint density at radius 2 is 1.78 bits per heavy atom. The molecule has 1 aromatic carbocycles. The predicted molar refractivity (Wildman–Crippen MR) is 106 cm³/mol. The molecule has 1 aliphatic carbocycles. The minimum atomic E-state index is -0.465. The molecule has 5 heteroatoms. The van der Waals surface area contributed by atoms with Gasteiger partial charge in [-0.1, -0.05) is 19.8 Å². The number of hydrogen-bond donors (Lipinski definition) is 1. The molecular weight excluding hydrogens is 341 g/mol. The topological polar surface area (TPSA) is 35.6 Å². The minimum Gasteiger partial charge on any atom is -0.339 e. The van der Waals surface area contributed by atoms with Crippen molar-refractivity contribution in [2.45, 2.75) is 69.9 Å². The van der Waals surface area contributed by atoms with Gasteiger partial charge in [-0.15, -0.1) is 0 Å². The van der Waals surface area contributed by atoms with Gasteiger partial charge in [-0.25, -0.2) is 4.39 Å². The van der Waals surface area contributed by atoms with Crippen molar-refractivity contribution >= 4 is 11.6 Å². The molecule has 1 aromatic rings. The molecule has 0 aromatic heterocycles. The lowest BCUT2D eigenvalue weighted by Crippen LogP contribution is -2.58. The van der Waals surface area contributed by atoms with E-state index in [1.54, 1.807) is 12.1 Å². The van der Waals surface area contributed by atoms with E-state index in [2.05, 4.69) is 22.0 Å². The molecule has 0 atom stereocenters. The van der Waals surface area contributed by atoms with E-state index in [1.165, 1.54) is 50.7 Å². The lowest BCUT2D eigenvalue weighted by atomic mass is 9.80. The Morgan fingerprint density at radius 1 is 1.11 bits per heavy atom. The molecule has 2 saturated heterocycles. The van der Waals surface area contributed by atoms with Crippen LogP contribution in [-0.2, 0) is 4.79 Å². The summed E-state index contributed by atoms with van der Waals surface area (Å²) < 4.78 is 13.3. The number of amides is 1. The van der Waals surface area contributed by atoms with Crippen LogP contribution in [0.1, 0.15) is 58.3 Å². The number of halogens is 1. The number of carbonyl (C=O) groups is 1. The van der Waals surface area contributed by atoms with Crippen molar-refractivity contribution < 1.29 is 9.18 Å². The van der Waals surface area contributed by atoms with Gasteiger partial charge in [-0.2, -0.15) is 0 Å². The SMILES string of the molecule is CCCC1CCC(N2CCC3(CC2)C(=O)NCN3c2ccc(F)cc2)CC1. The Balaban J connectivity index is 1.40. The van der Waals surface area contributed by atoms with Crippen LogP contribution in [-0.4, -0.2) is 42.1 Å². The molecule has 4 nitrogen and oxygen atoms in total. The summed E-state index contributed by atoms with van der Waals surface area (Å²) in [7, 11) is 0. The standard InChI is InChI=1S/C22H32FN3O/c1-2-3-17-4-8-19(9-5-17)25-14-12-22(13-15-25)21(27)24-16-26(22)20-10-6-18(23)7-11-20/h6-7,10-11,17,19H,2-5,8-9,12-16H2,1H3,(H,24,27). The van der Waals surface area contributed by atoms with Crippen LogP contribution in [0.25, 0.3) is 0 Å². The molecule has 148 valence electrons. The number of likely N-dealkylation sites (tertiary alicyclic amines) is 1. The summed E-state index contributed by atoms with van der Waals surface area (Å²) in [5.41, 5.74) is 0.469. The van der Waals surface area contributed by atoms with Gasteiger partial charge < -0.3 is 15.1 Å². The first-order valence-corrected chi connectivity index (χ1v) is 10.7. The van der Waals surface area contributed by atoms with Crippen LogP contribution in [0.3, 0.4) is 0 Å². The summed E-state index contributed by atoms with van der Waals surface area (Å²) in [4.78, 5) is 17.5. The fourth-order valence-electron chi connectivity index (χ4n) is 5.51. The smallest absolute Gasteiger partial charge is 0.247 e. The fraction of sp³-hybridized carbons (Fsp3) is 0.682. The third-order valence-corrected chi connectivity index (χ3v) is 7.13. The van der Waals surface area contributed by atoms with E-state index in [1.807, 2.05) is 0 Å². The highest BCUT2D eigenvalue weighted by Crippen LogP contribution is 2.38. The molecule has 4 rings (SSSR count). The molecule has 3 aliphatic rings. The van der Waals surface area contributed by atoms with E-state index in [9.17, 15) is 9.18 Å². The molecule has 0 radical (unpaired) electrons. The number of piperidine rings is 1. The van der Waals surface area contributed by atoms with Gasteiger partial charge in [0.25, 0.3) is 0 Å². The maximum absolute atomic E-state index is 13.3. The normalized spacial score (nSPS) is 28.5. The molecular formula is C22H32FN3O. The minimum absolute atomic E-state index is 0.137. The van der Waals surface area contributed by atoms with E-state index >= 15 is 0 Å². The Bertz CT molecular complexity index is 646. The molecule has 0 unspecified atom stereocenters. The lowest BCUT2D eigenvalue weighted by Gasteiger charge is -2.46. The molecule has 1 spiro atoms. The highest BCUT2D eigenvalue weighted by atomic mass is 19.1. The van der Waals surface area contributed by atoms with Crippen LogP contribution in [0.5, 0.6) is 0 Å². The molecule has 0 bridgehead atoms. The zero-order valence-corrected chi connectivity index (χ0v) is 16.4. The van der Waals surface area contributed by atoms with Crippen LogP contribution >= 0.6 is 0 Å². The number of rotatable bonds is 4. The van der Waals surface area contributed by atoms with E-state index in [4.69, 9.17) is 0 Å². The summed E-state index contributed by atoms with van der Waals surface area (Å²) >= 11 is 0. The second-order valence-corrected chi connectivity index (χ2v) is 8.60. The molecule has 1 N–H and O–H groups in total. The monoisotopic (exact) mass is 373 g/mol. The zero-order chi connectivity index (χ0) is 18.9. The molecule has 27 heavy (non-hydrogen) atoms. The van der Waals surface area contributed by atoms with Gasteiger partial charge in [-0.3, -0.25) is 4.79 Å². The highest BCUT2D eigenvalue weighted by molar-refractivity contribution is 5.93. The Hall–Kier alpha value is -1.62. The van der Waals surface area contributed by atoms with Gasteiger partial charge in [-0.05, 0) is 68.7 Å². The summed E-state index contributed by atoms with van der Waals surface area (Å²) in [6.45, 7) is 4.77. The van der Waals surface area contributed by atoms with Crippen LogP contribution in [0.4, 0.5) is 10.1 Å². The number of anilines is 1. The zero-order valence-electron chi connectivity index (χ0n) is 16.4. The van der Waals surface area contributed by atoms with Crippen molar-refractivity contribution in [2.24, 2.45) is 5.92 Å². The maximum atomic E-state index is 13.3. The van der Waals surface area contributed by atoms with Crippen LogP contribution in [0, 0.1) is 11.7 Å². The molecule has 1 amide bonds. The summed E-state index contributed by atoms with van der Waals surface area (Å²) in [6, 6.07) is 7.24.